The van der Waals surface area contributed by atoms with E-state index in [-0.39, 0.29) is 6.61 Å². The second-order valence-corrected chi connectivity index (χ2v) is 9.36. The Morgan fingerprint density at radius 2 is 1.90 bits per heavy atom. The Kier molecular flexibility index (Phi) is 12.0. The van der Waals surface area contributed by atoms with Crippen LogP contribution in [-0.2, 0) is 12.8 Å². The minimum absolute atomic E-state index is 0.106. The number of piperazine rings is 1. The number of nitriles is 1. The Morgan fingerprint density at radius 3 is 2.56 bits per heavy atom. The van der Waals surface area contributed by atoms with Crippen LogP contribution in [0.4, 0.5) is 0 Å². The molecule has 0 unspecified atom stereocenters. The van der Waals surface area contributed by atoms with Crippen LogP contribution in [-0.4, -0.2) is 55.1 Å². The van der Waals surface area contributed by atoms with Crippen molar-refractivity contribution < 1.29 is 9.53 Å². The van der Waals surface area contributed by atoms with Gasteiger partial charge in [-0.25, -0.2) is 0 Å². The van der Waals surface area contributed by atoms with Crippen LogP contribution in [0.5, 0.6) is 5.75 Å². The summed E-state index contributed by atoms with van der Waals surface area (Å²) in [4.78, 5) is 13.7. The molecule has 0 spiro atoms. The maximum absolute atomic E-state index is 11.3. The van der Waals surface area contributed by atoms with Crippen LogP contribution in [0, 0.1) is 18.3 Å². The lowest BCUT2D eigenvalue weighted by molar-refractivity contribution is 0.112. The van der Waals surface area contributed by atoms with Gasteiger partial charge in [0.1, 0.15) is 11.8 Å². The van der Waals surface area contributed by atoms with Crippen LogP contribution in [0.3, 0.4) is 0 Å². The number of likely N-dealkylation sites (N-methyl/N-ethyl adjacent to an activating group) is 1. The minimum Gasteiger partial charge on any atom is -0.479 e. The van der Waals surface area contributed by atoms with Crippen molar-refractivity contribution in [2.24, 2.45) is 0 Å². The van der Waals surface area contributed by atoms with Crippen LogP contribution in [0.25, 0.3) is 5.69 Å². The predicted molar refractivity (Wildman–Crippen MR) is 159 cm³/mol. The van der Waals surface area contributed by atoms with E-state index in [0.29, 0.717) is 12.5 Å². The van der Waals surface area contributed by atoms with Gasteiger partial charge in [0, 0.05) is 54.7 Å². The van der Waals surface area contributed by atoms with Gasteiger partial charge in [-0.05, 0) is 56.3 Å². The molecule has 0 radical (unpaired) electrons. The second kappa shape index (κ2) is 15.9. The van der Waals surface area contributed by atoms with Gasteiger partial charge >= 0.3 is 0 Å². The number of nitrogens with zero attached hydrogens (tertiary/aromatic N) is 3. The summed E-state index contributed by atoms with van der Waals surface area (Å²) in [7, 11) is 2.18. The lowest BCUT2D eigenvalue weighted by Gasteiger charge is -2.33. The molecule has 202 valence electrons. The van der Waals surface area contributed by atoms with E-state index in [1.165, 1.54) is 5.56 Å². The first-order valence-electron chi connectivity index (χ1n) is 13.2. The molecule has 2 heterocycles. The molecule has 1 saturated heterocycles. The Bertz CT molecular complexity index is 1280. The summed E-state index contributed by atoms with van der Waals surface area (Å²) in [5.74, 6) is 0.760. The first kappa shape index (κ1) is 29.4. The summed E-state index contributed by atoms with van der Waals surface area (Å²) < 4.78 is 7.37. The molecule has 1 aliphatic rings. The molecule has 0 bridgehead atoms. The third kappa shape index (κ3) is 8.96. The molecule has 1 N–H and O–H groups in total. The van der Waals surface area contributed by atoms with Crippen molar-refractivity contribution in [1.29, 1.82) is 5.26 Å². The standard InChI is InChI=1S/C19H19NO.C14H19N3O/c1-3-4-5-6-10-13-19-17(15-21)14-16(2)20(19)18-11-8-7-9-12-18;1-17-8-7-16-11-13(17)10-12-2-4-14(5-3-12)18-9-6-15/h3-12,14-15H,1,13H2,2H3;2-5,13,16H,7-11H2,1H3/b5-4-,10-6-;/t;13-/m.1/s1. The van der Waals surface area contributed by atoms with Crippen molar-refractivity contribution in [2.45, 2.75) is 25.8 Å². The van der Waals surface area contributed by atoms with E-state index in [1.54, 1.807) is 6.08 Å². The highest BCUT2D eigenvalue weighted by Crippen LogP contribution is 2.21. The summed E-state index contributed by atoms with van der Waals surface area (Å²) >= 11 is 0. The number of hydrogen-bond donors (Lipinski definition) is 1. The van der Waals surface area contributed by atoms with E-state index in [2.05, 4.69) is 40.5 Å². The Hall–Kier alpha value is -4.18. The number of aromatic nitrogens is 1. The summed E-state index contributed by atoms with van der Waals surface area (Å²) in [6.45, 7) is 8.98. The predicted octanol–water partition coefficient (Wildman–Crippen LogP) is 5.47. The second-order valence-electron chi connectivity index (χ2n) is 9.36. The molecule has 1 fully saturated rings. The maximum atomic E-state index is 11.3. The van der Waals surface area contributed by atoms with Crippen LogP contribution in [0.2, 0.25) is 0 Å². The Morgan fingerprint density at radius 1 is 1.13 bits per heavy atom. The molecule has 0 amide bonds. The molecular formula is C33H38N4O2. The van der Waals surface area contributed by atoms with Crippen molar-refractivity contribution in [2.75, 3.05) is 33.3 Å². The number of carbonyl (C=O) groups is 1. The number of allylic oxidation sites excluding steroid dienone is 5. The number of benzene rings is 2. The molecule has 4 rings (SSSR count). The average Bonchev–Trinajstić information content (AvgIpc) is 3.29. The van der Waals surface area contributed by atoms with Gasteiger partial charge < -0.3 is 19.5 Å². The fourth-order valence-electron chi connectivity index (χ4n) is 4.56. The number of carbonyl (C=O) groups excluding carboxylic acids is 1. The third-order valence-electron chi connectivity index (χ3n) is 6.61. The van der Waals surface area contributed by atoms with Gasteiger partial charge in [0.05, 0.1) is 0 Å². The monoisotopic (exact) mass is 522 g/mol. The number of aldehydes is 1. The maximum Gasteiger partial charge on any atom is 0.174 e. The summed E-state index contributed by atoms with van der Waals surface area (Å²) in [5.41, 5.74) is 5.20. The fraction of sp³-hybridized carbons (Fsp3) is 0.273. The van der Waals surface area contributed by atoms with E-state index in [0.717, 1.165) is 60.7 Å². The van der Waals surface area contributed by atoms with Gasteiger partial charge in [-0.2, -0.15) is 5.26 Å². The van der Waals surface area contributed by atoms with Crippen LogP contribution in [0.15, 0.2) is 97.6 Å². The van der Waals surface area contributed by atoms with E-state index in [9.17, 15) is 4.79 Å². The van der Waals surface area contributed by atoms with E-state index in [1.807, 2.05) is 85.8 Å². The highest BCUT2D eigenvalue weighted by molar-refractivity contribution is 5.78. The molecule has 2 aromatic carbocycles. The molecule has 0 saturated carbocycles. The topological polar surface area (TPSA) is 70.3 Å². The molecule has 0 aliphatic carbocycles. The van der Waals surface area contributed by atoms with Crippen LogP contribution < -0.4 is 10.1 Å². The lowest BCUT2D eigenvalue weighted by atomic mass is 10.0. The van der Waals surface area contributed by atoms with Crippen molar-refractivity contribution in [3.63, 3.8) is 0 Å². The first-order chi connectivity index (χ1) is 19.1. The summed E-state index contributed by atoms with van der Waals surface area (Å²) in [6, 6.07) is 22.6. The highest BCUT2D eigenvalue weighted by atomic mass is 16.5. The van der Waals surface area contributed by atoms with Crippen molar-refractivity contribution in [3.8, 4) is 17.5 Å². The Labute approximate surface area is 232 Å². The van der Waals surface area contributed by atoms with Gasteiger partial charge in [0.25, 0.3) is 0 Å². The van der Waals surface area contributed by atoms with Gasteiger partial charge in [-0.1, -0.05) is 67.3 Å². The van der Waals surface area contributed by atoms with Gasteiger partial charge in [-0.3, -0.25) is 4.79 Å². The molecule has 39 heavy (non-hydrogen) atoms. The van der Waals surface area contributed by atoms with Crippen LogP contribution in [0.1, 0.15) is 27.3 Å². The van der Waals surface area contributed by atoms with E-state index in [4.69, 9.17) is 10.00 Å². The van der Waals surface area contributed by atoms with Crippen molar-refractivity contribution in [3.05, 3.63) is 120 Å². The Balaban J connectivity index is 0.000000218. The normalized spacial score (nSPS) is 15.5. The SMILES string of the molecule is C=C/C=C\C=C/Cc1c(C=O)cc(C)n1-c1ccccc1.CN1CCNC[C@H]1Cc1ccc(OCC#N)cc1. The van der Waals surface area contributed by atoms with E-state index < -0.39 is 0 Å². The van der Waals surface area contributed by atoms with Crippen molar-refractivity contribution in [1.82, 2.24) is 14.8 Å². The number of rotatable bonds is 10. The fourth-order valence-corrected chi connectivity index (χ4v) is 4.56. The molecule has 3 aromatic rings. The number of ether oxygens (including phenoxy) is 1. The van der Waals surface area contributed by atoms with Gasteiger partial charge in [0.2, 0.25) is 0 Å². The number of para-hydroxylation sites is 1. The quantitative estimate of drug-likeness (QED) is 0.282. The first-order valence-corrected chi connectivity index (χ1v) is 13.2. The highest BCUT2D eigenvalue weighted by Gasteiger charge is 2.18. The number of nitrogens with one attached hydrogen (secondary N) is 1. The number of aryl methyl sites for hydroxylation is 1. The molecule has 1 aromatic heterocycles. The number of hydrogen-bond acceptors (Lipinski definition) is 5. The van der Waals surface area contributed by atoms with Gasteiger partial charge in [-0.15, -0.1) is 0 Å². The zero-order valence-corrected chi connectivity index (χ0v) is 22.9. The van der Waals surface area contributed by atoms with Crippen LogP contribution >= 0.6 is 0 Å². The third-order valence-corrected chi connectivity index (χ3v) is 6.61. The van der Waals surface area contributed by atoms with Gasteiger partial charge in [0.15, 0.2) is 12.9 Å². The minimum atomic E-state index is 0.106. The summed E-state index contributed by atoms with van der Waals surface area (Å²) in [5, 5.41) is 11.9. The summed E-state index contributed by atoms with van der Waals surface area (Å²) in [6.07, 6.45) is 12.2. The zero-order valence-electron chi connectivity index (χ0n) is 22.9. The van der Waals surface area contributed by atoms with E-state index >= 15 is 0 Å². The molecule has 6 nitrogen and oxygen atoms in total. The largest absolute Gasteiger partial charge is 0.479 e. The molecule has 1 aliphatic heterocycles. The molecule has 6 heteroatoms. The average molecular weight is 523 g/mol. The lowest BCUT2D eigenvalue weighted by Crippen LogP contribution is -2.50. The zero-order chi connectivity index (χ0) is 27.9. The molecular weight excluding hydrogens is 484 g/mol. The van der Waals surface area contributed by atoms with Crippen molar-refractivity contribution >= 4 is 6.29 Å². The molecule has 1 atom stereocenters. The smallest absolute Gasteiger partial charge is 0.174 e.